The van der Waals surface area contributed by atoms with Crippen molar-refractivity contribution in [1.29, 1.82) is 0 Å². The highest BCUT2D eigenvalue weighted by molar-refractivity contribution is 5.72. The van der Waals surface area contributed by atoms with Gasteiger partial charge in [0.2, 0.25) is 0 Å². The third-order valence-electron chi connectivity index (χ3n) is 2.31. The van der Waals surface area contributed by atoms with Gasteiger partial charge < -0.3 is 15.2 Å². The molecule has 0 spiro atoms. The van der Waals surface area contributed by atoms with Gasteiger partial charge in [-0.25, -0.2) is 0 Å². The maximum Gasteiger partial charge on any atom is 0.309 e. The van der Waals surface area contributed by atoms with E-state index in [0.717, 1.165) is 0 Å². The van der Waals surface area contributed by atoms with Crippen molar-refractivity contribution < 1.29 is 14.6 Å². The summed E-state index contributed by atoms with van der Waals surface area (Å²) in [5, 5.41) is 12.1. The van der Waals surface area contributed by atoms with Crippen LogP contribution in [0.4, 0.5) is 0 Å². The lowest BCUT2D eigenvalue weighted by Crippen LogP contribution is -2.43. The monoisotopic (exact) mass is 217 g/mol. The molecular weight excluding hydrogens is 194 g/mol. The van der Waals surface area contributed by atoms with Crippen molar-refractivity contribution in [3.8, 4) is 0 Å². The van der Waals surface area contributed by atoms with Crippen molar-refractivity contribution in [2.24, 2.45) is 5.92 Å². The molecule has 4 heteroatoms. The zero-order valence-corrected chi connectivity index (χ0v) is 10.2. The topological polar surface area (TPSA) is 58.6 Å². The summed E-state index contributed by atoms with van der Waals surface area (Å²) in [4.78, 5) is 11.3. The van der Waals surface area contributed by atoms with Gasteiger partial charge in [0.25, 0.3) is 0 Å². The van der Waals surface area contributed by atoms with E-state index < -0.39 is 0 Å². The van der Waals surface area contributed by atoms with Crippen LogP contribution in [-0.2, 0) is 9.53 Å². The summed E-state index contributed by atoms with van der Waals surface area (Å²) >= 11 is 0. The first kappa shape index (κ1) is 14.4. The molecule has 15 heavy (non-hydrogen) atoms. The summed E-state index contributed by atoms with van der Waals surface area (Å²) in [5.74, 6) is -0.326. The first-order chi connectivity index (χ1) is 6.93. The van der Waals surface area contributed by atoms with Crippen molar-refractivity contribution in [3.63, 3.8) is 0 Å². The number of carbonyl (C=O) groups is 1. The maximum absolute atomic E-state index is 11.3. The molecule has 0 saturated carbocycles. The lowest BCUT2D eigenvalue weighted by molar-refractivity contribution is -0.147. The number of hydrogen-bond acceptors (Lipinski definition) is 4. The van der Waals surface area contributed by atoms with E-state index in [-0.39, 0.29) is 24.0 Å². The lowest BCUT2D eigenvalue weighted by Gasteiger charge is -2.26. The van der Waals surface area contributed by atoms with Crippen LogP contribution in [0.3, 0.4) is 0 Å². The van der Waals surface area contributed by atoms with Crippen molar-refractivity contribution >= 4 is 5.97 Å². The molecule has 0 aliphatic heterocycles. The fourth-order valence-corrected chi connectivity index (χ4v) is 1.17. The molecule has 1 unspecified atom stereocenters. The van der Waals surface area contributed by atoms with E-state index in [2.05, 4.69) is 5.32 Å². The predicted octanol–water partition coefficient (Wildman–Crippen LogP) is 0.936. The van der Waals surface area contributed by atoms with Gasteiger partial charge in [0.05, 0.1) is 12.5 Å². The molecule has 0 aliphatic carbocycles. The zero-order chi connectivity index (χ0) is 11.9. The minimum absolute atomic E-state index is 0.143. The second-order valence-corrected chi connectivity index (χ2v) is 4.39. The van der Waals surface area contributed by atoms with Crippen molar-refractivity contribution in [3.05, 3.63) is 0 Å². The minimum atomic E-state index is -0.176. The molecule has 0 heterocycles. The molecule has 0 aliphatic rings. The highest BCUT2D eigenvalue weighted by Crippen LogP contribution is 2.08. The van der Waals surface area contributed by atoms with Gasteiger partial charge in [0, 0.05) is 18.7 Å². The van der Waals surface area contributed by atoms with Crippen LogP contribution >= 0.6 is 0 Å². The molecule has 0 rings (SSSR count). The zero-order valence-electron chi connectivity index (χ0n) is 10.2. The third-order valence-corrected chi connectivity index (χ3v) is 2.31. The molecule has 4 nitrogen and oxygen atoms in total. The van der Waals surface area contributed by atoms with Crippen LogP contribution in [0.15, 0.2) is 0 Å². The molecule has 0 bridgehead atoms. The van der Waals surface area contributed by atoms with Crippen molar-refractivity contribution in [2.75, 3.05) is 19.8 Å². The van der Waals surface area contributed by atoms with Gasteiger partial charge in [-0.2, -0.15) is 0 Å². The van der Waals surface area contributed by atoms with Gasteiger partial charge in [-0.05, 0) is 27.2 Å². The maximum atomic E-state index is 11.3. The number of hydrogen-bond donors (Lipinski definition) is 2. The van der Waals surface area contributed by atoms with Gasteiger partial charge >= 0.3 is 5.97 Å². The van der Waals surface area contributed by atoms with Crippen molar-refractivity contribution in [1.82, 2.24) is 5.32 Å². The smallest absolute Gasteiger partial charge is 0.309 e. The summed E-state index contributed by atoms with van der Waals surface area (Å²) in [6, 6.07) is 0. The Kier molecular flexibility index (Phi) is 6.52. The molecular formula is C11H23NO3. The van der Waals surface area contributed by atoms with Crippen LogP contribution in [0, 0.1) is 5.92 Å². The molecule has 0 radical (unpaired) electrons. The Bertz CT molecular complexity index is 192. The summed E-state index contributed by atoms with van der Waals surface area (Å²) in [7, 11) is 0. The molecule has 2 N–H and O–H groups in total. The molecule has 0 aromatic heterocycles. The van der Waals surface area contributed by atoms with Gasteiger partial charge in [0.1, 0.15) is 0 Å². The molecule has 90 valence electrons. The van der Waals surface area contributed by atoms with E-state index in [0.29, 0.717) is 19.6 Å². The van der Waals surface area contributed by atoms with Gasteiger partial charge in [-0.1, -0.05) is 6.92 Å². The molecule has 1 atom stereocenters. The molecule has 0 amide bonds. The number of ether oxygens (including phenoxy) is 1. The second kappa shape index (κ2) is 6.80. The van der Waals surface area contributed by atoms with E-state index in [1.807, 2.05) is 20.8 Å². The standard InChI is InChI=1S/C11H23NO3/c1-5-15-10(14)9(2)8-12-11(3,4)6-7-13/h9,12-13H,5-8H2,1-4H3. The Morgan fingerprint density at radius 1 is 1.53 bits per heavy atom. The fourth-order valence-electron chi connectivity index (χ4n) is 1.17. The van der Waals surface area contributed by atoms with E-state index >= 15 is 0 Å². The van der Waals surface area contributed by atoms with Crippen LogP contribution in [0.5, 0.6) is 0 Å². The number of rotatable bonds is 7. The van der Waals surface area contributed by atoms with Crippen LogP contribution in [0.2, 0.25) is 0 Å². The Balaban J connectivity index is 3.88. The fraction of sp³-hybridized carbons (Fsp3) is 0.909. The highest BCUT2D eigenvalue weighted by atomic mass is 16.5. The highest BCUT2D eigenvalue weighted by Gasteiger charge is 2.20. The van der Waals surface area contributed by atoms with Crippen LogP contribution < -0.4 is 5.32 Å². The lowest BCUT2D eigenvalue weighted by atomic mass is 10.00. The Morgan fingerprint density at radius 2 is 2.13 bits per heavy atom. The summed E-state index contributed by atoms with van der Waals surface area (Å²) in [5.41, 5.74) is -0.143. The predicted molar refractivity (Wildman–Crippen MR) is 59.6 cm³/mol. The summed E-state index contributed by atoms with van der Waals surface area (Å²) < 4.78 is 4.90. The molecule has 0 fully saturated rings. The Labute approximate surface area is 92.0 Å². The quantitative estimate of drug-likeness (QED) is 0.623. The number of aliphatic hydroxyl groups excluding tert-OH is 1. The number of esters is 1. The number of aliphatic hydroxyl groups is 1. The Morgan fingerprint density at radius 3 is 2.60 bits per heavy atom. The molecule has 0 saturated heterocycles. The average molecular weight is 217 g/mol. The van der Waals surface area contributed by atoms with E-state index in [9.17, 15) is 4.79 Å². The van der Waals surface area contributed by atoms with Gasteiger partial charge in [-0.15, -0.1) is 0 Å². The third kappa shape index (κ3) is 6.47. The normalized spacial score (nSPS) is 13.7. The van der Waals surface area contributed by atoms with Gasteiger partial charge in [-0.3, -0.25) is 4.79 Å². The van der Waals surface area contributed by atoms with Crippen LogP contribution in [0.25, 0.3) is 0 Å². The number of nitrogens with one attached hydrogen (secondary N) is 1. The average Bonchev–Trinajstić information content (AvgIpc) is 2.14. The van der Waals surface area contributed by atoms with E-state index in [1.165, 1.54) is 0 Å². The number of carbonyl (C=O) groups excluding carboxylic acids is 1. The van der Waals surface area contributed by atoms with Gasteiger partial charge in [0.15, 0.2) is 0 Å². The van der Waals surface area contributed by atoms with E-state index in [1.54, 1.807) is 6.92 Å². The SMILES string of the molecule is CCOC(=O)C(C)CNC(C)(C)CCO. The van der Waals surface area contributed by atoms with Crippen LogP contribution in [-0.4, -0.2) is 36.4 Å². The largest absolute Gasteiger partial charge is 0.466 e. The first-order valence-electron chi connectivity index (χ1n) is 5.45. The van der Waals surface area contributed by atoms with Crippen LogP contribution in [0.1, 0.15) is 34.1 Å². The first-order valence-corrected chi connectivity index (χ1v) is 5.45. The second-order valence-electron chi connectivity index (χ2n) is 4.39. The molecule has 0 aromatic carbocycles. The van der Waals surface area contributed by atoms with Crippen molar-refractivity contribution in [2.45, 2.75) is 39.7 Å². The Hall–Kier alpha value is -0.610. The molecule has 0 aromatic rings. The summed E-state index contributed by atoms with van der Waals surface area (Å²) in [6.07, 6.45) is 0.669. The minimum Gasteiger partial charge on any atom is -0.466 e. The summed E-state index contributed by atoms with van der Waals surface area (Å²) in [6.45, 7) is 8.78. The van der Waals surface area contributed by atoms with E-state index in [4.69, 9.17) is 9.84 Å².